The SMILES string of the molecule is COc1ccc(OC)c(C(=O)N2CC(N)(C(C)C)C2)c1. The van der Waals surface area contributed by atoms with Crippen LogP contribution in [0.1, 0.15) is 24.2 Å². The molecule has 1 aliphatic rings. The van der Waals surface area contributed by atoms with Crippen molar-refractivity contribution in [2.24, 2.45) is 11.7 Å². The number of nitrogens with zero attached hydrogens (tertiary/aromatic N) is 1. The summed E-state index contributed by atoms with van der Waals surface area (Å²) in [6, 6.07) is 5.21. The normalized spacial score (nSPS) is 16.8. The van der Waals surface area contributed by atoms with Crippen molar-refractivity contribution in [3.63, 3.8) is 0 Å². The van der Waals surface area contributed by atoms with Gasteiger partial charge in [0.15, 0.2) is 0 Å². The van der Waals surface area contributed by atoms with E-state index in [0.29, 0.717) is 36.1 Å². The maximum absolute atomic E-state index is 12.5. The van der Waals surface area contributed by atoms with Crippen LogP contribution in [0.4, 0.5) is 0 Å². The number of methoxy groups -OCH3 is 2. The van der Waals surface area contributed by atoms with Crippen LogP contribution >= 0.6 is 0 Å². The molecule has 1 heterocycles. The van der Waals surface area contributed by atoms with Crippen LogP contribution in [0.5, 0.6) is 11.5 Å². The highest BCUT2D eigenvalue weighted by Gasteiger charge is 2.44. The molecule has 1 aromatic rings. The summed E-state index contributed by atoms with van der Waals surface area (Å²) in [4.78, 5) is 14.3. The van der Waals surface area contributed by atoms with E-state index in [2.05, 4.69) is 13.8 Å². The Morgan fingerprint density at radius 3 is 2.45 bits per heavy atom. The van der Waals surface area contributed by atoms with Crippen LogP contribution in [0.2, 0.25) is 0 Å². The highest BCUT2D eigenvalue weighted by atomic mass is 16.5. The predicted molar refractivity (Wildman–Crippen MR) is 77.2 cm³/mol. The molecule has 0 saturated carbocycles. The molecule has 0 aliphatic carbocycles. The fraction of sp³-hybridized carbons (Fsp3) is 0.533. The molecule has 5 nitrogen and oxygen atoms in total. The first-order valence-corrected chi connectivity index (χ1v) is 6.71. The molecule has 1 saturated heterocycles. The molecule has 1 aromatic carbocycles. The van der Waals surface area contributed by atoms with Crippen LogP contribution in [0.25, 0.3) is 0 Å². The Balaban J connectivity index is 2.18. The summed E-state index contributed by atoms with van der Waals surface area (Å²) in [7, 11) is 3.12. The van der Waals surface area contributed by atoms with Gasteiger partial charge in [0.05, 0.1) is 25.3 Å². The topological polar surface area (TPSA) is 64.8 Å². The van der Waals surface area contributed by atoms with Gasteiger partial charge in [-0.1, -0.05) is 13.8 Å². The van der Waals surface area contributed by atoms with E-state index in [4.69, 9.17) is 15.2 Å². The van der Waals surface area contributed by atoms with E-state index in [1.165, 1.54) is 0 Å². The Kier molecular flexibility index (Phi) is 3.90. The van der Waals surface area contributed by atoms with Gasteiger partial charge < -0.3 is 20.1 Å². The monoisotopic (exact) mass is 278 g/mol. The van der Waals surface area contributed by atoms with Gasteiger partial charge in [0, 0.05) is 13.1 Å². The Labute approximate surface area is 119 Å². The third kappa shape index (κ3) is 2.45. The summed E-state index contributed by atoms with van der Waals surface area (Å²) >= 11 is 0. The van der Waals surface area contributed by atoms with Gasteiger partial charge >= 0.3 is 0 Å². The second-order valence-electron chi connectivity index (χ2n) is 5.62. The zero-order valence-electron chi connectivity index (χ0n) is 12.5. The van der Waals surface area contributed by atoms with Crippen molar-refractivity contribution >= 4 is 5.91 Å². The molecular formula is C15H22N2O3. The number of hydrogen-bond donors (Lipinski definition) is 1. The van der Waals surface area contributed by atoms with Gasteiger partial charge in [0.25, 0.3) is 5.91 Å². The lowest BCUT2D eigenvalue weighted by Gasteiger charge is -2.50. The number of likely N-dealkylation sites (tertiary alicyclic amines) is 1. The highest BCUT2D eigenvalue weighted by molar-refractivity contribution is 5.98. The van der Waals surface area contributed by atoms with Gasteiger partial charge in [-0.2, -0.15) is 0 Å². The number of rotatable bonds is 4. The first-order valence-electron chi connectivity index (χ1n) is 6.71. The quantitative estimate of drug-likeness (QED) is 0.906. The minimum absolute atomic E-state index is 0.0672. The maximum atomic E-state index is 12.5. The Morgan fingerprint density at radius 1 is 1.30 bits per heavy atom. The van der Waals surface area contributed by atoms with E-state index in [9.17, 15) is 4.79 Å². The van der Waals surface area contributed by atoms with Crippen LogP contribution in [0, 0.1) is 5.92 Å². The number of carbonyl (C=O) groups is 1. The zero-order valence-corrected chi connectivity index (χ0v) is 12.5. The van der Waals surface area contributed by atoms with Crippen LogP contribution in [-0.2, 0) is 0 Å². The lowest BCUT2D eigenvalue weighted by atomic mass is 9.80. The zero-order chi connectivity index (χ0) is 14.9. The van der Waals surface area contributed by atoms with E-state index in [1.807, 2.05) is 0 Å². The summed E-state index contributed by atoms with van der Waals surface area (Å²) < 4.78 is 10.4. The average molecular weight is 278 g/mol. The smallest absolute Gasteiger partial charge is 0.257 e. The molecule has 0 unspecified atom stereocenters. The molecule has 1 amide bonds. The summed E-state index contributed by atoms with van der Waals surface area (Å²) in [6.45, 7) is 5.30. The van der Waals surface area contributed by atoms with E-state index in [0.717, 1.165) is 0 Å². The minimum atomic E-state index is -0.276. The van der Waals surface area contributed by atoms with Crippen LogP contribution < -0.4 is 15.2 Å². The second-order valence-corrected chi connectivity index (χ2v) is 5.62. The van der Waals surface area contributed by atoms with Crippen LogP contribution in [-0.4, -0.2) is 43.7 Å². The Hall–Kier alpha value is -1.75. The number of ether oxygens (including phenoxy) is 2. The van der Waals surface area contributed by atoms with Crippen molar-refractivity contribution < 1.29 is 14.3 Å². The van der Waals surface area contributed by atoms with Crippen molar-refractivity contribution in [2.75, 3.05) is 27.3 Å². The van der Waals surface area contributed by atoms with Crippen LogP contribution in [0.15, 0.2) is 18.2 Å². The Bertz CT molecular complexity index is 508. The summed E-state index contributed by atoms with van der Waals surface area (Å²) in [5.41, 5.74) is 6.46. The van der Waals surface area contributed by atoms with Gasteiger partial charge in [-0.25, -0.2) is 0 Å². The molecule has 0 spiro atoms. The molecule has 110 valence electrons. The molecule has 2 N–H and O–H groups in total. The molecular weight excluding hydrogens is 256 g/mol. The van der Waals surface area contributed by atoms with Crippen molar-refractivity contribution in [2.45, 2.75) is 19.4 Å². The second kappa shape index (κ2) is 5.32. The number of carbonyl (C=O) groups excluding carboxylic acids is 1. The highest BCUT2D eigenvalue weighted by Crippen LogP contribution is 2.31. The van der Waals surface area contributed by atoms with E-state index in [1.54, 1.807) is 37.3 Å². The molecule has 5 heteroatoms. The number of amides is 1. The maximum Gasteiger partial charge on any atom is 0.257 e. The third-order valence-electron chi connectivity index (χ3n) is 4.04. The van der Waals surface area contributed by atoms with E-state index >= 15 is 0 Å². The van der Waals surface area contributed by atoms with Crippen LogP contribution in [0.3, 0.4) is 0 Å². The van der Waals surface area contributed by atoms with Crippen molar-refractivity contribution in [3.05, 3.63) is 23.8 Å². The molecule has 1 fully saturated rings. The Morgan fingerprint density at radius 2 is 1.95 bits per heavy atom. The van der Waals surface area contributed by atoms with Crippen molar-refractivity contribution in [1.29, 1.82) is 0 Å². The number of nitrogens with two attached hydrogens (primary N) is 1. The summed E-state index contributed by atoms with van der Waals surface area (Å²) in [5.74, 6) is 1.47. The first kappa shape index (κ1) is 14.7. The number of hydrogen-bond acceptors (Lipinski definition) is 4. The molecule has 0 atom stereocenters. The molecule has 20 heavy (non-hydrogen) atoms. The molecule has 0 aromatic heterocycles. The molecule has 2 rings (SSSR count). The van der Waals surface area contributed by atoms with Gasteiger partial charge in [-0.05, 0) is 24.1 Å². The lowest BCUT2D eigenvalue weighted by molar-refractivity contribution is 0.0272. The van der Waals surface area contributed by atoms with Crippen molar-refractivity contribution in [1.82, 2.24) is 4.90 Å². The minimum Gasteiger partial charge on any atom is -0.497 e. The predicted octanol–water partition coefficient (Wildman–Crippen LogP) is 1.51. The third-order valence-corrected chi connectivity index (χ3v) is 4.04. The molecule has 1 aliphatic heterocycles. The average Bonchev–Trinajstić information content (AvgIpc) is 2.42. The largest absolute Gasteiger partial charge is 0.497 e. The summed E-state index contributed by atoms with van der Waals surface area (Å²) in [5, 5.41) is 0. The fourth-order valence-electron chi connectivity index (χ4n) is 2.32. The first-order chi connectivity index (χ1) is 9.41. The summed E-state index contributed by atoms with van der Waals surface area (Å²) in [6.07, 6.45) is 0. The lowest BCUT2D eigenvalue weighted by Crippen LogP contribution is -2.71. The van der Waals surface area contributed by atoms with Gasteiger partial charge in [-0.3, -0.25) is 4.79 Å². The van der Waals surface area contributed by atoms with E-state index in [-0.39, 0.29) is 11.4 Å². The molecule has 0 bridgehead atoms. The van der Waals surface area contributed by atoms with Gasteiger partial charge in [-0.15, -0.1) is 0 Å². The van der Waals surface area contributed by atoms with Gasteiger partial charge in [0.2, 0.25) is 0 Å². The molecule has 0 radical (unpaired) electrons. The van der Waals surface area contributed by atoms with Gasteiger partial charge in [0.1, 0.15) is 11.5 Å². The van der Waals surface area contributed by atoms with E-state index < -0.39 is 0 Å². The fourth-order valence-corrected chi connectivity index (χ4v) is 2.32. The standard InChI is InChI=1S/C15H22N2O3/c1-10(2)15(16)8-17(9-15)14(18)12-7-11(19-3)5-6-13(12)20-4/h5-7,10H,8-9,16H2,1-4H3. The number of benzene rings is 1. The van der Waals surface area contributed by atoms with Crippen molar-refractivity contribution in [3.8, 4) is 11.5 Å².